The summed E-state index contributed by atoms with van der Waals surface area (Å²) >= 11 is 0. The van der Waals surface area contributed by atoms with Crippen molar-refractivity contribution in [3.63, 3.8) is 0 Å². The monoisotopic (exact) mass is 280 g/mol. The van der Waals surface area contributed by atoms with E-state index in [0.717, 1.165) is 12.8 Å². The van der Waals surface area contributed by atoms with Gasteiger partial charge in [-0.1, -0.05) is 0 Å². The molecule has 0 bridgehead atoms. The predicted molar refractivity (Wildman–Crippen MR) is 75.6 cm³/mol. The molecule has 20 heavy (non-hydrogen) atoms. The summed E-state index contributed by atoms with van der Waals surface area (Å²) in [6.07, 6.45) is 1.30. The molecule has 1 heterocycles. The van der Waals surface area contributed by atoms with Crippen LogP contribution in [0.15, 0.2) is 18.2 Å². The van der Waals surface area contributed by atoms with E-state index in [2.05, 4.69) is 0 Å². The number of aliphatic hydroxyl groups excluding tert-OH is 2. The van der Waals surface area contributed by atoms with Crippen molar-refractivity contribution in [3.05, 3.63) is 33.9 Å². The van der Waals surface area contributed by atoms with E-state index >= 15 is 0 Å². The highest BCUT2D eigenvalue weighted by Gasteiger charge is 2.26. The maximum Gasteiger partial charge on any atom is 0.292 e. The Morgan fingerprint density at radius 1 is 1.45 bits per heavy atom. The fourth-order valence-corrected chi connectivity index (χ4v) is 2.70. The van der Waals surface area contributed by atoms with Crippen LogP contribution >= 0.6 is 0 Å². The second-order valence-corrected chi connectivity index (χ2v) is 5.30. The Balaban J connectivity index is 2.21. The summed E-state index contributed by atoms with van der Waals surface area (Å²) in [7, 11) is 0. The number of anilines is 1. The van der Waals surface area contributed by atoms with Crippen LogP contribution < -0.4 is 4.90 Å². The molecule has 1 aromatic rings. The summed E-state index contributed by atoms with van der Waals surface area (Å²) in [6.45, 7) is 3.03. The van der Waals surface area contributed by atoms with Crippen molar-refractivity contribution in [2.45, 2.75) is 32.5 Å². The third-order valence-electron chi connectivity index (χ3n) is 3.98. The predicted octanol–water partition coefficient (Wildman–Crippen LogP) is 1.68. The number of hydrogen-bond donors (Lipinski definition) is 2. The van der Waals surface area contributed by atoms with E-state index in [9.17, 15) is 20.3 Å². The first-order valence-corrected chi connectivity index (χ1v) is 6.84. The maximum absolute atomic E-state index is 11.1. The number of piperidine rings is 1. The van der Waals surface area contributed by atoms with Crippen LogP contribution in [0.3, 0.4) is 0 Å². The van der Waals surface area contributed by atoms with E-state index in [0.29, 0.717) is 24.3 Å². The van der Waals surface area contributed by atoms with Gasteiger partial charge in [-0.15, -0.1) is 0 Å². The number of aliphatic hydroxyl groups is 2. The van der Waals surface area contributed by atoms with Gasteiger partial charge in [-0.05, 0) is 43.4 Å². The van der Waals surface area contributed by atoms with Crippen LogP contribution in [-0.4, -0.2) is 34.3 Å². The van der Waals surface area contributed by atoms with E-state index in [1.54, 1.807) is 19.1 Å². The summed E-state index contributed by atoms with van der Waals surface area (Å²) in [5.74, 6) is 0.256. The van der Waals surface area contributed by atoms with Crippen molar-refractivity contribution in [1.29, 1.82) is 0 Å². The van der Waals surface area contributed by atoms with Crippen LogP contribution in [0.5, 0.6) is 0 Å². The fraction of sp³-hybridized carbons (Fsp3) is 0.571. The van der Waals surface area contributed by atoms with Gasteiger partial charge in [-0.3, -0.25) is 10.1 Å². The van der Waals surface area contributed by atoms with Crippen molar-refractivity contribution in [2.75, 3.05) is 18.0 Å². The second kappa shape index (κ2) is 6.19. The van der Waals surface area contributed by atoms with Gasteiger partial charge in [0.1, 0.15) is 5.69 Å². The van der Waals surface area contributed by atoms with Gasteiger partial charge in [0.05, 0.1) is 17.6 Å². The smallest absolute Gasteiger partial charge is 0.292 e. The lowest BCUT2D eigenvalue weighted by Crippen LogP contribution is -2.37. The van der Waals surface area contributed by atoms with Crippen molar-refractivity contribution in [3.8, 4) is 0 Å². The molecule has 0 radical (unpaired) electrons. The molecule has 1 aliphatic heterocycles. The lowest BCUT2D eigenvalue weighted by atomic mass is 9.92. The Morgan fingerprint density at radius 3 is 2.60 bits per heavy atom. The Labute approximate surface area is 117 Å². The first-order chi connectivity index (χ1) is 9.52. The fourth-order valence-electron chi connectivity index (χ4n) is 2.70. The van der Waals surface area contributed by atoms with Gasteiger partial charge in [0.2, 0.25) is 0 Å². The zero-order valence-electron chi connectivity index (χ0n) is 11.5. The minimum Gasteiger partial charge on any atom is -0.393 e. The van der Waals surface area contributed by atoms with E-state index < -0.39 is 4.92 Å². The maximum atomic E-state index is 11.1. The molecule has 110 valence electrons. The highest BCUT2D eigenvalue weighted by Crippen LogP contribution is 2.33. The average molecular weight is 280 g/mol. The van der Waals surface area contributed by atoms with Crippen molar-refractivity contribution < 1.29 is 15.1 Å². The zero-order chi connectivity index (χ0) is 14.7. The standard InChI is InChI=1S/C14H20N2O4/c1-10(18)12-4-6-15(7-5-12)14-8-11(9-17)2-3-13(14)16(19)20/h2-3,8,10,12,17-18H,4-7,9H2,1H3. The Morgan fingerprint density at radius 2 is 2.10 bits per heavy atom. The number of benzene rings is 1. The van der Waals surface area contributed by atoms with Crippen LogP contribution in [0.2, 0.25) is 0 Å². The molecule has 6 heteroatoms. The summed E-state index contributed by atoms with van der Waals surface area (Å²) in [4.78, 5) is 12.7. The van der Waals surface area contributed by atoms with E-state index in [4.69, 9.17) is 0 Å². The second-order valence-electron chi connectivity index (χ2n) is 5.30. The first-order valence-electron chi connectivity index (χ1n) is 6.84. The highest BCUT2D eigenvalue weighted by atomic mass is 16.6. The topological polar surface area (TPSA) is 86.8 Å². The minimum atomic E-state index is -0.392. The molecule has 6 nitrogen and oxygen atoms in total. The Bertz CT molecular complexity index is 482. The molecule has 1 saturated heterocycles. The van der Waals surface area contributed by atoms with Crippen LogP contribution in [-0.2, 0) is 6.61 Å². The number of rotatable bonds is 4. The highest BCUT2D eigenvalue weighted by molar-refractivity contribution is 5.64. The normalized spacial score (nSPS) is 18.1. The number of hydrogen-bond acceptors (Lipinski definition) is 5. The number of nitrogens with zero attached hydrogens (tertiary/aromatic N) is 2. The molecular weight excluding hydrogens is 260 g/mol. The third kappa shape index (κ3) is 3.08. The molecule has 0 saturated carbocycles. The van der Waals surface area contributed by atoms with Crippen molar-refractivity contribution in [2.24, 2.45) is 5.92 Å². The molecule has 0 spiro atoms. The molecule has 0 aliphatic carbocycles. The summed E-state index contributed by atoms with van der Waals surface area (Å²) < 4.78 is 0. The summed E-state index contributed by atoms with van der Waals surface area (Å²) in [6, 6.07) is 4.70. The first kappa shape index (κ1) is 14.7. The number of nitro benzene ring substituents is 1. The van der Waals surface area contributed by atoms with Crippen LogP contribution in [0.1, 0.15) is 25.3 Å². The van der Waals surface area contributed by atoms with Gasteiger partial charge in [0.25, 0.3) is 5.69 Å². The lowest BCUT2D eigenvalue weighted by molar-refractivity contribution is -0.384. The van der Waals surface area contributed by atoms with E-state index in [1.807, 2.05) is 4.90 Å². The molecule has 2 rings (SSSR count). The molecule has 1 aromatic carbocycles. The van der Waals surface area contributed by atoms with Gasteiger partial charge in [-0.25, -0.2) is 0 Å². The summed E-state index contributed by atoms with van der Waals surface area (Å²) in [5, 5.41) is 29.9. The molecule has 1 fully saturated rings. The van der Waals surface area contributed by atoms with Crippen molar-refractivity contribution >= 4 is 11.4 Å². The van der Waals surface area contributed by atoms with Crippen molar-refractivity contribution in [1.82, 2.24) is 0 Å². The van der Waals surface area contributed by atoms with Crippen LogP contribution in [0.4, 0.5) is 11.4 Å². The largest absolute Gasteiger partial charge is 0.393 e. The van der Waals surface area contributed by atoms with Gasteiger partial charge >= 0.3 is 0 Å². The average Bonchev–Trinajstić information content (AvgIpc) is 2.46. The SMILES string of the molecule is CC(O)C1CCN(c2cc(CO)ccc2[N+](=O)[O-])CC1. The number of nitro groups is 1. The third-order valence-corrected chi connectivity index (χ3v) is 3.98. The van der Waals surface area contributed by atoms with E-state index in [-0.39, 0.29) is 24.3 Å². The summed E-state index contributed by atoms with van der Waals surface area (Å²) in [5.41, 5.74) is 1.30. The Kier molecular flexibility index (Phi) is 4.57. The molecule has 0 aromatic heterocycles. The zero-order valence-corrected chi connectivity index (χ0v) is 11.5. The van der Waals surface area contributed by atoms with Gasteiger partial charge in [-0.2, -0.15) is 0 Å². The molecule has 1 aliphatic rings. The lowest BCUT2D eigenvalue weighted by Gasteiger charge is -2.34. The van der Waals surface area contributed by atoms with Crippen LogP contribution in [0.25, 0.3) is 0 Å². The minimum absolute atomic E-state index is 0.0673. The van der Waals surface area contributed by atoms with Crippen LogP contribution in [0, 0.1) is 16.0 Å². The van der Waals surface area contributed by atoms with Gasteiger partial charge < -0.3 is 15.1 Å². The van der Waals surface area contributed by atoms with E-state index in [1.165, 1.54) is 6.07 Å². The molecule has 1 unspecified atom stereocenters. The molecule has 1 atom stereocenters. The van der Waals surface area contributed by atoms with Gasteiger partial charge in [0, 0.05) is 19.2 Å². The molecule has 2 N–H and O–H groups in total. The Hall–Kier alpha value is -1.66. The molecular formula is C14H20N2O4. The molecule has 0 amide bonds. The van der Waals surface area contributed by atoms with Gasteiger partial charge in [0.15, 0.2) is 0 Å². The quantitative estimate of drug-likeness (QED) is 0.647.